The van der Waals surface area contributed by atoms with Gasteiger partial charge in [0.25, 0.3) is 0 Å². The zero-order chi connectivity index (χ0) is 25.2. The Morgan fingerprint density at radius 3 is 1.97 bits per heavy atom. The van der Waals surface area contributed by atoms with Crippen molar-refractivity contribution in [1.29, 1.82) is 0 Å². The van der Waals surface area contributed by atoms with Crippen molar-refractivity contribution in [3.05, 3.63) is 77.9 Å². The maximum Gasteiger partial charge on any atom is 0.339 e. The number of benzene rings is 1. The van der Waals surface area contributed by atoms with Gasteiger partial charge in [-0.1, -0.05) is 75.4 Å². The Morgan fingerprint density at radius 2 is 1.44 bits per heavy atom. The number of hydrogen-bond donors (Lipinski definition) is 2. The van der Waals surface area contributed by atoms with Crippen molar-refractivity contribution in [2.45, 2.75) is 76.9 Å². The Balaban J connectivity index is 2.49. The summed E-state index contributed by atoms with van der Waals surface area (Å²) in [6.07, 6.45) is 23.9. The van der Waals surface area contributed by atoms with Gasteiger partial charge in [-0.15, -0.1) is 11.8 Å². The van der Waals surface area contributed by atoms with Gasteiger partial charge in [-0.05, 0) is 68.4 Å². The van der Waals surface area contributed by atoms with Crippen LogP contribution < -0.4 is 0 Å². The van der Waals surface area contributed by atoms with E-state index in [4.69, 9.17) is 0 Å². The average Bonchev–Trinajstić information content (AvgIpc) is 2.83. The quantitative estimate of drug-likeness (QED) is 0.175. The van der Waals surface area contributed by atoms with Gasteiger partial charge in [-0.3, -0.25) is 4.79 Å². The standard InChI is InChI=1S/C29H40O4S/c1-4-7-8-9-10-11-12-13-14-15-16-17-18-21-34-29(5-2,6-3)27(31)23-24-19-20-26(30)25(22-24)28(32)33/h7-8,10-11,13-14,16-17,19-20,22,30H,4-6,9,12,15,18,21,23H2,1-3H3,(H,32,33)/b8-7-,11-10-,14-13-,17-16-. The van der Waals surface area contributed by atoms with Gasteiger partial charge in [0.15, 0.2) is 5.78 Å². The van der Waals surface area contributed by atoms with Gasteiger partial charge in [0.2, 0.25) is 0 Å². The predicted octanol–water partition coefficient (Wildman–Crippen LogP) is 7.69. The summed E-state index contributed by atoms with van der Waals surface area (Å²) in [6.45, 7) is 6.20. The summed E-state index contributed by atoms with van der Waals surface area (Å²) in [6, 6.07) is 4.36. The van der Waals surface area contributed by atoms with Crippen LogP contribution >= 0.6 is 11.8 Å². The van der Waals surface area contributed by atoms with Crippen molar-refractivity contribution in [2.75, 3.05) is 5.75 Å². The first-order valence-corrected chi connectivity index (χ1v) is 13.2. The van der Waals surface area contributed by atoms with Crippen LogP contribution in [-0.4, -0.2) is 32.5 Å². The molecule has 0 saturated heterocycles. The Hall–Kier alpha value is -2.53. The molecule has 0 spiro atoms. The highest BCUT2D eigenvalue weighted by Crippen LogP contribution is 2.35. The van der Waals surface area contributed by atoms with Crippen LogP contribution in [0.2, 0.25) is 0 Å². The molecule has 0 amide bonds. The first-order valence-electron chi connectivity index (χ1n) is 12.2. The lowest BCUT2D eigenvalue weighted by Crippen LogP contribution is -2.35. The minimum absolute atomic E-state index is 0.106. The molecule has 186 valence electrons. The molecule has 0 aliphatic carbocycles. The molecule has 0 atom stereocenters. The third-order valence-corrected chi connectivity index (χ3v) is 7.49. The highest BCUT2D eigenvalue weighted by Gasteiger charge is 2.34. The van der Waals surface area contributed by atoms with Crippen molar-refractivity contribution in [3.63, 3.8) is 0 Å². The number of carbonyl (C=O) groups is 2. The number of ketones is 1. The van der Waals surface area contributed by atoms with Crippen LogP contribution in [0, 0.1) is 0 Å². The first kappa shape index (κ1) is 29.5. The van der Waals surface area contributed by atoms with Gasteiger partial charge in [0, 0.05) is 6.42 Å². The van der Waals surface area contributed by atoms with Gasteiger partial charge >= 0.3 is 5.97 Å². The number of carboxylic acids is 1. The van der Waals surface area contributed by atoms with E-state index in [0.29, 0.717) is 5.56 Å². The molecule has 0 fully saturated rings. The van der Waals surface area contributed by atoms with E-state index in [2.05, 4.69) is 55.5 Å². The fourth-order valence-electron chi connectivity index (χ4n) is 3.56. The molecular formula is C29H40O4S. The SMILES string of the molecule is CC/C=C\C/C=C\C/C=C\C/C=C\CCSC(CC)(CC)C(=O)Cc1ccc(O)c(C(=O)O)c1. The molecular weight excluding hydrogens is 444 g/mol. The predicted molar refractivity (Wildman–Crippen MR) is 145 cm³/mol. The summed E-state index contributed by atoms with van der Waals surface area (Å²) in [4.78, 5) is 24.4. The van der Waals surface area contributed by atoms with Crippen LogP contribution in [0.25, 0.3) is 0 Å². The van der Waals surface area contributed by atoms with E-state index < -0.39 is 10.7 Å². The monoisotopic (exact) mass is 484 g/mol. The van der Waals surface area contributed by atoms with E-state index in [-0.39, 0.29) is 23.5 Å². The van der Waals surface area contributed by atoms with E-state index in [1.165, 1.54) is 12.1 Å². The van der Waals surface area contributed by atoms with Crippen molar-refractivity contribution >= 4 is 23.5 Å². The number of carboxylic acid groups (broad SMARTS) is 1. The fraction of sp³-hybridized carbons (Fsp3) is 0.448. The molecule has 4 nitrogen and oxygen atoms in total. The summed E-state index contributed by atoms with van der Waals surface area (Å²) in [5.41, 5.74) is 0.446. The molecule has 1 rings (SSSR count). The second kappa shape index (κ2) is 17.0. The van der Waals surface area contributed by atoms with Gasteiger partial charge < -0.3 is 10.2 Å². The molecule has 0 unspecified atom stereocenters. The maximum atomic E-state index is 13.2. The summed E-state index contributed by atoms with van der Waals surface area (Å²) in [5.74, 6) is -0.517. The second-order valence-corrected chi connectivity index (χ2v) is 9.57. The van der Waals surface area contributed by atoms with Crippen molar-refractivity contribution in [2.24, 2.45) is 0 Å². The van der Waals surface area contributed by atoms with E-state index in [1.807, 2.05) is 13.8 Å². The molecule has 0 aromatic heterocycles. The molecule has 1 aromatic carbocycles. The first-order chi connectivity index (χ1) is 16.4. The third kappa shape index (κ3) is 10.6. The molecule has 34 heavy (non-hydrogen) atoms. The molecule has 5 heteroatoms. The van der Waals surface area contributed by atoms with E-state index in [1.54, 1.807) is 17.8 Å². The highest BCUT2D eigenvalue weighted by molar-refractivity contribution is 8.01. The molecule has 0 radical (unpaired) electrons. The normalized spacial score (nSPS) is 12.6. The number of aromatic hydroxyl groups is 1. The number of thioether (sulfide) groups is 1. The molecule has 1 aromatic rings. The minimum Gasteiger partial charge on any atom is -0.507 e. The van der Waals surface area contributed by atoms with Crippen LogP contribution in [0.4, 0.5) is 0 Å². The van der Waals surface area contributed by atoms with E-state index in [9.17, 15) is 19.8 Å². The minimum atomic E-state index is -1.20. The highest BCUT2D eigenvalue weighted by atomic mass is 32.2. The number of hydrogen-bond acceptors (Lipinski definition) is 4. The van der Waals surface area contributed by atoms with Crippen LogP contribution in [-0.2, 0) is 11.2 Å². The van der Waals surface area contributed by atoms with E-state index in [0.717, 1.165) is 50.7 Å². The van der Waals surface area contributed by atoms with Crippen molar-refractivity contribution in [3.8, 4) is 5.75 Å². The van der Waals surface area contributed by atoms with Crippen molar-refractivity contribution in [1.82, 2.24) is 0 Å². The molecule has 0 saturated carbocycles. The lowest BCUT2D eigenvalue weighted by molar-refractivity contribution is -0.120. The lowest BCUT2D eigenvalue weighted by atomic mass is 9.91. The van der Waals surface area contributed by atoms with E-state index >= 15 is 0 Å². The number of allylic oxidation sites excluding steroid dienone is 8. The molecule has 0 bridgehead atoms. The number of phenols is 1. The average molecular weight is 485 g/mol. The molecule has 0 aliphatic rings. The number of rotatable bonds is 17. The largest absolute Gasteiger partial charge is 0.507 e. The van der Waals surface area contributed by atoms with Gasteiger partial charge in [0.05, 0.1) is 4.75 Å². The summed E-state index contributed by atoms with van der Waals surface area (Å²) in [5, 5.41) is 18.9. The molecule has 0 aliphatic heterocycles. The summed E-state index contributed by atoms with van der Waals surface area (Å²) < 4.78 is -0.479. The fourth-order valence-corrected chi connectivity index (χ4v) is 4.85. The number of Topliss-reactive ketones (excluding diaryl/α,β-unsaturated/α-hetero) is 1. The van der Waals surface area contributed by atoms with Crippen LogP contribution in [0.3, 0.4) is 0 Å². The van der Waals surface area contributed by atoms with Crippen LogP contribution in [0.1, 0.15) is 81.6 Å². The summed E-state index contributed by atoms with van der Waals surface area (Å²) >= 11 is 1.69. The third-order valence-electron chi connectivity index (χ3n) is 5.69. The zero-order valence-electron chi connectivity index (χ0n) is 20.8. The number of carbonyl (C=O) groups excluding carboxylic acids is 1. The molecule has 2 N–H and O–H groups in total. The van der Waals surface area contributed by atoms with Crippen LogP contribution in [0.15, 0.2) is 66.8 Å². The van der Waals surface area contributed by atoms with Crippen molar-refractivity contribution < 1.29 is 19.8 Å². The Kier molecular flexibility index (Phi) is 14.7. The smallest absolute Gasteiger partial charge is 0.339 e. The Labute approximate surface area is 209 Å². The van der Waals surface area contributed by atoms with Gasteiger partial charge in [-0.2, -0.15) is 0 Å². The lowest BCUT2D eigenvalue weighted by Gasteiger charge is -2.29. The van der Waals surface area contributed by atoms with Gasteiger partial charge in [0.1, 0.15) is 11.3 Å². The zero-order valence-corrected chi connectivity index (χ0v) is 21.7. The maximum absolute atomic E-state index is 13.2. The van der Waals surface area contributed by atoms with Gasteiger partial charge in [-0.25, -0.2) is 4.79 Å². The Bertz CT molecular complexity index is 876. The molecule has 0 heterocycles. The number of aromatic carboxylic acids is 1. The van der Waals surface area contributed by atoms with Crippen LogP contribution in [0.5, 0.6) is 5.75 Å². The Morgan fingerprint density at radius 1 is 0.882 bits per heavy atom. The second-order valence-electron chi connectivity index (χ2n) is 8.10. The summed E-state index contributed by atoms with van der Waals surface area (Å²) in [7, 11) is 0. The topological polar surface area (TPSA) is 74.6 Å².